The van der Waals surface area contributed by atoms with Gasteiger partial charge in [0, 0.05) is 27.0 Å². The maximum atomic E-state index is 13.9. The van der Waals surface area contributed by atoms with E-state index in [2.05, 4.69) is 15.9 Å². The molecule has 0 N–H and O–H groups in total. The van der Waals surface area contributed by atoms with Gasteiger partial charge in [-0.2, -0.15) is 0 Å². The van der Waals surface area contributed by atoms with E-state index in [1.807, 2.05) is 55.4 Å². The van der Waals surface area contributed by atoms with Crippen molar-refractivity contribution >= 4 is 48.5 Å². The summed E-state index contributed by atoms with van der Waals surface area (Å²) in [7, 11) is -0.0300. The first kappa shape index (κ1) is 22.9. The Morgan fingerprint density at radius 2 is 1.69 bits per heavy atom. The van der Waals surface area contributed by atoms with Crippen LogP contribution in [0.4, 0.5) is 0 Å². The molecule has 4 rings (SSSR count). The molecule has 4 aromatic rings. The van der Waals surface area contributed by atoms with Crippen LogP contribution in [-0.2, 0) is 10.0 Å². The normalized spacial score (nSPS) is 11.9. The van der Waals surface area contributed by atoms with Gasteiger partial charge in [-0.1, -0.05) is 57.9 Å². The number of halogens is 2. The summed E-state index contributed by atoms with van der Waals surface area (Å²) in [6.45, 7) is 1.10. The Morgan fingerprint density at radius 1 is 1.00 bits per heavy atom. The van der Waals surface area contributed by atoms with Crippen molar-refractivity contribution in [2.24, 2.45) is 0 Å². The summed E-state index contributed by atoms with van der Waals surface area (Å²) in [5.74, 6) is 0.519. The lowest BCUT2D eigenvalue weighted by Crippen LogP contribution is -2.19. The Bertz CT molecular complexity index is 1350. The molecule has 5 nitrogen and oxygen atoms in total. The standard InChI is InChI=1S/C24H22BrClN2O3S/c1-27(2)14-15-31-24-21-13-10-19(26)16-22(21)28(23(24)17-6-4-3-5-7-17)32(29,30)20-11-8-18(25)9-12-20/h3-13,16H,14-15H2,1-2H3. The van der Waals surface area contributed by atoms with E-state index in [0.717, 1.165) is 10.0 Å². The molecule has 0 unspecified atom stereocenters. The molecular weight excluding hydrogens is 512 g/mol. The van der Waals surface area contributed by atoms with Crippen molar-refractivity contribution in [1.82, 2.24) is 8.87 Å². The predicted molar refractivity (Wildman–Crippen MR) is 133 cm³/mol. The highest BCUT2D eigenvalue weighted by Crippen LogP contribution is 2.43. The summed E-state index contributed by atoms with van der Waals surface area (Å²) in [5, 5.41) is 1.13. The lowest BCUT2D eigenvalue weighted by Gasteiger charge is -2.15. The molecule has 0 bridgehead atoms. The maximum Gasteiger partial charge on any atom is 0.268 e. The molecule has 0 saturated carbocycles. The zero-order chi connectivity index (χ0) is 22.9. The molecule has 1 aromatic heterocycles. The molecule has 0 atom stereocenters. The number of fused-ring (bicyclic) bond motifs is 1. The van der Waals surface area contributed by atoms with Crippen molar-refractivity contribution in [1.29, 1.82) is 0 Å². The molecule has 0 aliphatic carbocycles. The van der Waals surface area contributed by atoms with Gasteiger partial charge in [-0.25, -0.2) is 12.4 Å². The number of rotatable bonds is 7. The van der Waals surface area contributed by atoms with E-state index in [-0.39, 0.29) is 4.90 Å². The van der Waals surface area contributed by atoms with Gasteiger partial charge in [0.25, 0.3) is 10.0 Å². The first-order valence-corrected chi connectivity index (χ1v) is 12.6. The van der Waals surface area contributed by atoms with E-state index in [1.165, 1.54) is 3.97 Å². The van der Waals surface area contributed by atoms with Gasteiger partial charge in [-0.15, -0.1) is 0 Å². The number of nitrogens with zero attached hydrogens (tertiary/aromatic N) is 2. The lowest BCUT2D eigenvalue weighted by atomic mass is 10.1. The Kier molecular flexibility index (Phi) is 6.62. The van der Waals surface area contributed by atoms with Crippen LogP contribution in [0.2, 0.25) is 5.02 Å². The minimum Gasteiger partial charge on any atom is -0.489 e. The van der Waals surface area contributed by atoms with Crippen LogP contribution in [0, 0.1) is 0 Å². The molecule has 0 aliphatic heterocycles. The molecule has 3 aromatic carbocycles. The fourth-order valence-corrected chi connectivity index (χ4v) is 5.45. The van der Waals surface area contributed by atoms with Crippen LogP contribution >= 0.6 is 27.5 Å². The van der Waals surface area contributed by atoms with E-state index >= 15 is 0 Å². The maximum absolute atomic E-state index is 13.9. The molecule has 8 heteroatoms. The summed E-state index contributed by atoms with van der Waals surface area (Å²) in [5.41, 5.74) is 1.68. The highest BCUT2D eigenvalue weighted by atomic mass is 79.9. The minimum atomic E-state index is -3.95. The summed E-state index contributed by atoms with van der Waals surface area (Å²) in [4.78, 5) is 2.19. The van der Waals surface area contributed by atoms with Gasteiger partial charge in [0.2, 0.25) is 0 Å². The average Bonchev–Trinajstić information content (AvgIpc) is 3.08. The molecule has 0 spiro atoms. The second-order valence-electron chi connectivity index (χ2n) is 7.58. The molecule has 0 saturated heterocycles. The van der Waals surface area contributed by atoms with Crippen molar-refractivity contribution in [3.05, 3.63) is 82.3 Å². The SMILES string of the molecule is CN(C)CCOc1c(-c2ccccc2)n(S(=O)(=O)c2ccc(Br)cc2)c2cc(Cl)ccc12. The number of aromatic nitrogens is 1. The Labute approximate surface area is 201 Å². The average molecular weight is 534 g/mol. The van der Waals surface area contributed by atoms with Crippen molar-refractivity contribution in [3.63, 3.8) is 0 Å². The van der Waals surface area contributed by atoms with Crippen molar-refractivity contribution in [2.45, 2.75) is 4.90 Å². The van der Waals surface area contributed by atoms with Crippen LogP contribution in [0.25, 0.3) is 22.2 Å². The zero-order valence-corrected chi connectivity index (χ0v) is 20.8. The smallest absolute Gasteiger partial charge is 0.268 e. The van der Waals surface area contributed by atoms with Crippen molar-refractivity contribution < 1.29 is 13.2 Å². The topological polar surface area (TPSA) is 51.5 Å². The highest BCUT2D eigenvalue weighted by Gasteiger charge is 2.29. The number of hydrogen-bond donors (Lipinski definition) is 0. The Balaban J connectivity index is 2.04. The molecule has 0 radical (unpaired) electrons. The van der Waals surface area contributed by atoms with Crippen LogP contribution in [0.5, 0.6) is 5.75 Å². The third-order valence-electron chi connectivity index (χ3n) is 5.03. The first-order chi connectivity index (χ1) is 15.3. The van der Waals surface area contributed by atoms with E-state index in [4.69, 9.17) is 16.3 Å². The summed E-state index contributed by atoms with van der Waals surface area (Å²) in [6.07, 6.45) is 0. The number of hydrogen-bond acceptors (Lipinski definition) is 4. The Hall–Kier alpha value is -2.32. The molecule has 32 heavy (non-hydrogen) atoms. The fourth-order valence-electron chi connectivity index (χ4n) is 3.49. The summed E-state index contributed by atoms with van der Waals surface area (Å²) < 4.78 is 36.2. The largest absolute Gasteiger partial charge is 0.489 e. The second kappa shape index (κ2) is 9.27. The van der Waals surface area contributed by atoms with Crippen LogP contribution in [0.1, 0.15) is 0 Å². The van der Waals surface area contributed by atoms with Crippen molar-refractivity contribution in [2.75, 3.05) is 27.2 Å². The third kappa shape index (κ3) is 4.43. The number of benzene rings is 3. The zero-order valence-electron chi connectivity index (χ0n) is 17.6. The van der Waals surface area contributed by atoms with Gasteiger partial charge in [0.15, 0.2) is 5.75 Å². The van der Waals surface area contributed by atoms with Crippen LogP contribution < -0.4 is 4.74 Å². The quantitative estimate of drug-likeness (QED) is 0.297. The molecule has 0 amide bonds. The molecule has 0 fully saturated rings. The Morgan fingerprint density at radius 3 is 2.34 bits per heavy atom. The summed E-state index contributed by atoms with van der Waals surface area (Å²) >= 11 is 9.67. The van der Waals surface area contributed by atoms with Gasteiger partial charge in [-0.3, -0.25) is 0 Å². The number of ether oxygens (including phenoxy) is 1. The molecule has 166 valence electrons. The monoisotopic (exact) mass is 532 g/mol. The third-order valence-corrected chi connectivity index (χ3v) is 7.52. The van der Waals surface area contributed by atoms with Gasteiger partial charge in [0.1, 0.15) is 12.3 Å². The molecule has 0 aliphatic rings. The van der Waals surface area contributed by atoms with E-state index in [1.54, 1.807) is 36.4 Å². The first-order valence-electron chi connectivity index (χ1n) is 9.97. The lowest BCUT2D eigenvalue weighted by molar-refractivity contribution is 0.264. The van der Waals surface area contributed by atoms with E-state index < -0.39 is 10.0 Å². The molecule has 1 heterocycles. The highest BCUT2D eigenvalue weighted by molar-refractivity contribution is 9.10. The minimum absolute atomic E-state index is 0.176. The predicted octanol–water partition coefficient (Wildman–Crippen LogP) is 5.90. The van der Waals surface area contributed by atoms with E-state index in [0.29, 0.717) is 40.5 Å². The second-order valence-corrected chi connectivity index (χ2v) is 10.7. The van der Waals surface area contributed by atoms with E-state index in [9.17, 15) is 8.42 Å². The summed E-state index contributed by atoms with van der Waals surface area (Å²) in [6, 6.07) is 21.2. The van der Waals surface area contributed by atoms with Crippen molar-refractivity contribution in [3.8, 4) is 17.0 Å². The van der Waals surface area contributed by atoms with Gasteiger partial charge >= 0.3 is 0 Å². The van der Waals surface area contributed by atoms with Gasteiger partial charge in [0.05, 0.1) is 10.4 Å². The van der Waals surface area contributed by atoms with Crippen LogP contribution in [-0.4, -0.2) is 44.5 Å². The van der Waals surface area contributed by atoms with Gasteiger partial charge < -0.3 is 9.64 Å². The fraction of sp³-hybridized carbons (Fsp3) is 0.167. The number of likely N-dealkylation sites (N-methyl/N-ethyl adjacent to an activating group) is 1. The van der Waals surface area contributed by atoms with Crippen LogP contribution in [0.15, 0.2) is 82.2 Å². The van der Waals surface area contributed by atoms with Crippen LogP contribution in [0.3, 0.4) is 0 Å². The molecular formula is C24H22BrClN2O3S. The van der Waals surface area contributed by atoms with Gasteiger partial charge in [-0.05, 0) is 56.6 Å².